The Morgan fingerprint density at radius 1 is 0.933 bits per heavy atom. The number of aryl methyl sites for hydroxylation is 2. The fourth-order valence-electron chi connectivity index (χ4n) is 4.12. The highest BCUT2D eigenvalue weighted by molar-refractivity contribution is 6.05. The molecule has 0 N–H and O–H groups in total. The molecular formula is C24H23N5O. The highest BCUT2D eigenvalue weighted by atomic mass is 16.1. The molecule has 3 aromatic heterocycles. The minimum absolute atomic E-state index is 0.0774. The molecule has 150 valence electrons. The molecule has 0 aliphatic rings. The zero-order valence-electron chi connectivity index (χ0n) is 17.5. The molecule has 0 saturated carbocycles. The first kappa shape index (κ1) is 18.5. The molecule has 0 atom stereocenters. The summed E-state index contributed by atoms with van der Waals surface area (Å²) in [5, 5.41) is 0.519. The Balaban J connectivity index is 1.97. The van der Waals surface area contributed by atoms with Crippen LogP contribution in [0.1, 0.15) is 25.0 Å². The van der Waals surface area contributed by atoms with E-state index in [4.69, 9.17) is 15.0 Å². The van der Waals surface area contributed by atoms with Crippen molar-refractivity contribution in [1.29, 1.82) is 0 Å². The first-order chi connectivity index (χ1) is 14.4. The Kier molecular flexibility index (Phi) is 4.17. The van der Waals surface area contributed by atoms with Crippen LogP contribution >= 0.6 is 0 Å². The molecule has 5 aromatic rings. The predicted molar refractivity (Wildman–Crippen MR) is 120 cm³/mol. The van der Waals surface area contributed by atoms with Crippen LogP contribution in [0.3, 0.4) is 0 Å². The van der Waals surface area contributed by atoms with Crippen LogP contribution in [-0.4, -0.2) is 24.1 Å². The van der Waals surface area contributed by atoms with Gasteiger partial charge in [-0.15, -0.1) is 0 Å². The standard InChI is InChI=1S/C24H23N5O/c1-14(2)12-28-13-25-22-20(24(28)30)21-23(27-19-8-6-5-7-18(19)26-21)29(22)17-10-15(3)9-16(4)11-17/h5-11,13-14H,12H2,1-4H3. The number of rotatable bonds is 3. The Morgan fingerprint density at radius 2 is 1.60 bits per heavy atom. The maximum absolute atomic E-state index is 13.4. The lowest BCUT2D eigenvalue weighted by Gasteiger charge is -2.10. The predicted octanol–water partition coefficient (Wildman–Crippen LogP) is 4.56. The summed E-state index contributed by atoms with van der Waals surface area (Å²) in [7, 11) is 0. The van der Waals surface area contributed by atoms with Gasteiger partial charge in [0.05, 0.1) is 17.4 Å². The second-order valence-corrected chi connectivity index (χ2v) is 8.36. The van der Waals surface area contributed by atoms with Gasteiger partial charge in [-0.25, -0.2) is 15.0 Å². The number of benzene rings is 2. The van der Waals surface area contributed by atoms with Gasteiger partial charge in [-0.3, -0.25) is 13.9 Å². The highest BCUT2D eigenvalue weighted by Crippen LogP contribution is 2.29. The normalized spacial score (nSPS) is 11.9. The lowest BCUT2D eigenvalue weighted by Crippen LogP contribution is -2.23. The van der Waals surface area contributed by atoms with Crippen LogP contribution in [0, 0.1) is 19.8 Å². The molecular weight excluding hydrogens is 374 g/mol. The van der Waals surface area contributed by atoms with Crippen LogP contribution in [-0.2, 0) is 6.54 Å². The highest BCUT2D eigenvalue weighted by Gasteiger charge is 2.21. The van der Waals surface area contributed by atoms with E-state index in [1.165, 1.54) is 0 Å². The number of aromatic nitrogens is 5. The summed E-state index contributed by atoms with van der Waals surface area (Å²) in [6, 6.07) is 14.0. The molecule has 0 fully saturated rings. The molecule has 2 aromatic carbocycles. The van der Waals surface area contributed by atoms with E-state index in [1.54, 1.807) is 10.9 Å². The zero-order valence-corrected chi connectivity index (χ0v) is 17.5. The number of fused-ring (bicyclic) bond motifs is 4. The molecule has 0 aliphatic carbocycles. The van der Waals surface area contributed by atoms with Gasteiger partial charge in [-0.1, -0.05) is 32.0 Å². The van der Waals surface area contributed by atoms with Gasteiger partial charge in [0.25, 0.3) is 5.56 Å². The third kappa shape index (κ3) is 2.87. The van der Waals surface area contributed by atoms with E-state index in [-0.39, 0.29) is 5.56 Å². The van der Waals surface area contributed by atoms with Crippen LogP contribution in [0.2, 0.25) is 0 Å². The van der Waals surface area contributed by atoms with Crippen molar-refractivity contribution < 1.29 is 0 Å². The summed E-state index contributed by atoms with van der Waals surface area (Å²) >= 11 is 0. The van der Waals surface area contributed by atoms with Gasteiger partial charge in [-0.2, -0.15) is 0 Å². The Bertz CT molecular complexity index is 1470. The molecule has 6 heteroatoms. The van der Waals surface area contributed by atoms with Gasteiger partial charge in [0.15, 0.2) is 11.3 Å². The van der Waals surface area contributed by atoms with Crippen molar-refractivity contribution in [2.75, 3.05) is 0 Å². The van der Waals surface area contributed by atoms with E-state index in [9.17, 15) is 4.79 Å². The van der Waals surface area contributed by atoms with Crippen molar-refractivity contribution in [1.82, 2.24) is 24.1 Å². The van der Waals surface area contributed by atoms with Crippen LogP contribution in [0.15, 0.2) is 53.6 Å². The van der Waals surface area contributed by atoms with E-state index in [0.717, 1.165) is 27.8 Å². The van der Waals surface area contributed by atoms with Crippen molar-refractivity contribution in [3.63, 3.8) is 0 Å². The minimum atomic E-state index is -0.0774. The second kappa shape index (κ2) is 6.76. The molecule has 0 bridgehead atoms. The van der Waals surface area contributed by atoms with Crippen molar-refractivity contribution >= 4 is 33.2 Å². The number of hydrogen-bond donors (Lipinski definition) is 0. The summed E-state index contributed by atoms with van der Waals surface area (Å²) in [5.41, 5.74) is 6.54. The Hall–Kier alpha value is -3.54. The lowest BCUT2D eigenvalue weighted by atomic mass is 10.1. The topological polar surface area (TPSA) is 65.6 Å². The molecule has 0 saturated heterocycles. The van der Waals surface area contributed by atoms with Gasteiger partial charge < -0.3 is 0 Å². The molecule has 0 aliphatic heterocycles. The monoisotopic (exact) mass is 397 g/mol. The average molecular weight is 397 g/mol. The molecule has 5 rings (SSSR count). The van der Waals surface area contributed by atoms with Crippen molar-refractivity contribution in [3.8, 4) is 5.69 Å². The third-order valence-corrected chi connectivity index (χ3v) is 5.26. The van der Waals surface area contributed by atoms with Gasteiger partial charge >= 0.3 is 0 Å². The van der Waals surface area contributed by atoms with Gasteiger partial charge in [0.2, 0.25) is 0 Å². The van der Waals surface area contributed by atoms with E-state index >= 15 is 0 Å². The number of hydrogen-bond acceptors (Lipinski definition) is 4. The summed E-state index contributed by atoms with van der Waals surface area (Å²) < 4.78 is 3.64. The molecule has 0 amide bonds. The quantitative estimate of drug-likeness (QED) is 0.448. The van der Waals surface area contributed by atoms with Crippen molar-refractivity contribution in [3.05, 3.63) is 70.3 Å². The van der Waals surface area contributed by atoms with Crippen LogP contribution in [0.5, 0.6) is 0 Å². The summed E-state index contributed by atoms with van der Waals surface area (Å²) in [5.74, 6) is 0.335. The third-order valence-electron chi connectivity index (χ3n) is 5.26. The fourth-order valence-corrected chi connectivity index (χ4v) is 4.12. The van der Waals surface area contributed by atoms with E-state index in [0.29, 0.717) is 34.7 Å². The van der Waals surface area contributed by atoms with E-state index < -0.39 is 0 Å². The minimum Gasteiger partial charge on any atom is -0.298 e. The Labute approximate surface area is 173 Å². The number of para-hydroxylation sites is 2. The molecule has 3 heterocycles. The van der Waals surface area contributed by atoms with Crippen LogP contribution < -0.4 is 5.56 Å². The van der Waals surface area contributed by atoms with Gasteiger partial charge in [0, 0.05) is 12.2 Å². The fraction of sp³-hybridized carbons (Fsp3) is 0.250. The summed E-state index contributed by atoms with van der Waals surface area (Å²) in [6.07, 6.45) is 1.64. The van der Waals surface area contributed by atoms with Gasteiger partial charge in [-0.05, 0) is 55.2 Å². The molecule has 0 radical (unpaired) electrons. The maximum atomic E-state index is 13.4. The molecule has 6 nitrogen and oxygen atoms in total. The maximum Gasteiger partial charge on any atom is 0.265 e. The molecule has 30 heavy (non-hydrogen) atoms. The van der Waals surface area contributed by atoms with E-state index in [1.807, 2.05) is 28.8 Å². The molecule has 0 spiro atoms. The SMILES string of the molecule is Cc1cc(C)cc(-n2c3nc4ccccc4nc3c3c(=O)n(CC(C)C)cnc32)c1. The number of nitrogens with zero attached hydrogens (tertiary/aromatic N) is 5. The van der Waals surface area contributed by atoms with Crippen LogP contribution in [0.4, 0.5) is 0 Å². The summed E-state index contributed by atoms with van der Waals surface area (Å²) in [4.78, 5) is 27.9. The van der Waals surface area contributed by atoms with E-state index in [2.05, 4.69) is 45.9 Å². The van der Waals surface area contributed by atoms with Crippen molar-refractivity contribution in [2.24, 2.45) is 5.92 Å². The summed E-state index contributed by atoms with van der Waals surface area (Å²) in [6.45, 7) is 8.91. The van der Waals surface area contributed by atoms with Crippen molar-refractivity contribution in [2.45, 2.75) is 34.2 Å². The smallest absolute Gasteiger partial charge is 0.265 e. The first-order valence-electron chi connectivity index (χ1n) is 10.2. The molecule has 0 unspecified atom stereocenters. The van der Waals surface area contributed by atoms with Crippen LogP contribution in [0.25, 0.3) is 38.9 Å². The Morgan fingerprint density at radius 3 is 2.27 bits per heavy atom. The average Bonchev–Trinajstić information content (AvgIpc) is 3.01. The first-order valence-corrected chi connectivity index (χ1v) is 10.2. The zero-order chi connectivity index (χ0) is 21.0. The van der Waals surface area contributed by atoms with Gasteiger partial charge in [0.1, 0.15) is 10.9 Å². The largest absolute Gasteiger partial charge is 0.298 e. The lowest BCUT2D eigenvalue weighted by molar-refractivity contribution is 0.508. The second-order valence-electron chi connectivity index (χ2n) is 8.36.